The molecule has 5 nitrogen and oxygen atoms in total. The van der Waals surface area contributed by atoms with Crippen LogP contribution < -0.4 is 10.2 Å². The van der Waals surface area contributed by atoms with Crippen molar-refractivity contribution < 1.29 is 4.79 Å². The standard InChI is InChI=1S/C24H25ClN4OS/c25-21-16-22(29-13-7-8-14-29)28-24(27-21)31-17-23(30)26-20(19-11-5-2-6-12-19)15-18-9-3-1-4-10-18/h1-6,9-12,16,20H,7-8,13-15,17H2,(H,26,30). The van der Waals surface area contributed by atoms with Gasteiger partial charge in [0.05, 0.1) is 11.8 Å². The minimum absolute atomic E-state index is 0.0546. The second kappa shape index (κ2) is 10.6. The number of carbonyl (C=O) groups is 1. The van der Waals surface area contributed by atoms with Crippen LogP contribution in [0.5, 0.6) is 0 Å². The molecule has 7 heteroatoms. The Morgan fingerprint density at radius 2 is 1.71 bits per heavy atom. The largest absolute Gasteiger partial charge is 0.356 e. The fourth-order valence-corrected chi connectivity index (χ4v) is 4.60. The molecular weight excluding hydrogens is 428 g/mol. The molecule has 0 aliphatic carbocycles. The number of amides is 1. The SMILES string of the molecule is O=C(CSc1nc(Cl)cc(N2CCCC2)n1)NC(Cc1ccccc1)c1ccccc1. The summed E-state index contributed by atoms with van der Waals surface area (Å²) < 4.78 is 0. The molecule has 1 N–H and O–H groups in total. The Morgan fingerprint density at radius 3 is 2.42 bits per heavy atom. The lowest BCUT2D eigenvalue weighted by atomic mass is 9.99. The zero-order valence-electron chi connectivity index (χ0n) is 17.2. The van der Waals surface area contributed by atoms with E-state index in [2.05, 4.69) is 32.3 Å². The van der Waals surface area contributed by atoms with Gasteiger partial charge in [-0.3, -0.25) is 4.79 Å². The summed E-state index contributed by atoms with van der Waals surface area (Å²) in [6, 6.07) is 21.9. The first-order valence-corrected chi connectivity index (χ1v) is 11.8. The van der Waals surface area contributed by atoms with Gasteiger partial charge in [-0.2, -0.15) is 0 Å². The van der Waals surface area contributed by atoms with Gasteiger partial charge in [0.2, 0.25) is 5.91 Å². The van der Waals surface area contributed by atoms with Gasteiger partial charge in [0, 0.05) is 19.2 Å². The lowest BCUT2D eigenvalue weighted by Crippen LogP contribution is -2.31. The molecular formula is C24H25ClN4OS. The van der Waals surface area contributed by atoms with Gasteiger partial charge in [-0.05, 0) is 30.4 Å². The second-order valence-corrected chi connectivity index (χ2v) is 8.86. The van der Waals surface area contributed by atoms with Crippen molar-refractivity contribution in [3.8, 4) is 0 Å². The fourth-order valence-electron chi connectivity index (χ4n) is 3.71. The first-order valence-electron chi connectivity index (χ1n) is 10.5. The third-order valence-electron chi connectivity index (χ3n) is 5.24. The molecule has 31 heavy (non-hydrogen) atoms. The Kier molecular flexibility index (Phi) is 7.43. The highest BCUT2D eigenvalue weighted by atomic mass is 35.5. The lowest BCUT2D eigenvalue weighted by molar-refractivity contribution is -0.119. The molecule has 0 bridgehead atoms. The average molecular weight is 453 g/mol. The summed E-state index contributed by atoms with van der Waals surface area (Å²) in [6.07, 6.45) is 3.05. The van der Waals surface area contributed by atoms with E-state index in [-0.39, 0.29) is 17.7 Å². The number of halogens is 1. The normalized spacial score (nSPS) is 14.4. The molecule has 1 saturated heterocycles. The number of hydrogen-bond acceptors (Lipinski definition) is 5. The van der Waals surface area contributed by atoms with Crippen molar-refractivity contribution in [1.82, 2.24) is 15.3 Å². The third kappa shape index (κ3) is 6.21. The van der Waals surface area contributed by atoms with Crippen molar-refractivity contribution in [2.24, 2.45) is 0 Å². The monoisotopic (exact) mass is 452 g/mol. The number of nitrogens with zero attached hydrogens (tertiary/aromatic N) is 3. The van der Waals surface area contributed by atoms with E-state index in [4.69, 9.17) is 11.6 Å². The summed E-state index contributed by atoms with van der Waals surface area (Å²) in [5.74, 6) is 1.02. The van der Waals surface area contributed by atoms with Crippen molar-refractivity contribution in [1.29, 1.82) is 0 Å². The van der Waals surface area contributed by atoms with Crippen LogP contribution in [0.3, 0.4) is 0 Å². The van der Waals surface area contributed by atoms with Gasteiger partial charge >= 0.3 is 0 Å². The molecule has 1 unspecified atom stereocenters. The molecule has 1 fully saturated rings. The van der Waals surface area contributed by atoms with E-state index in [1.54, 1.807) is 6.07 Å². The van der Waals surface area contributed by atoms with E-state index in [0.717, 1.165) is 43.7 Å². The molecule has 1 aliphatic rings. The Labute approximate surface area is 192 Å². The minimum atomic E-state index is -0.0999. The average Bonchev–Trinajstić information content (AvgIpc) is 3.33. The molecule has 4 rings (SSSR count). The highest BCUT2D eigenvalue weighted by molar-refractivity contribution is 7.99. The molecule has 0 saturated carbocycles. The van der Waals surface area contributed by atoms with Crippen molar-refractivity contribution in [2.45, 2.75) is 30.5 Å². The summed E-state index contributed by atoms with van der Waals surface area (Å²) in [7, 11) is 0. The first kappa shape index (κ1) is 21.7. The van der Waals surface area contributed by atoms with Crippen LogP contribution in [-0.4, -0.2) is 34.7 Å². The molecule has 1 amide bonds. The molecule has 1 aliphatic heterocycles. The van der Waals surface area contributed by atoms with Crippen molar-refractivity contribution in [3.05, 3.63) is 83.0 Å². The summed E-state index contributed by atoms with van der Waals surface area (Å²) in [4.78, 5) is 23.9. The van der Waals surface area contributed by atoms with Gasteiger partial charge in [0.1, 0.15) is 11.0 Å². The van der Waals surface area contributed by atoms with Gasteiger partial charge in [-0.25, -0.2) is 9.97 Å². The molecule has 160 valence electrons. The van der Waals surface area contributed by atoms with Crippen molar-refractivity contribution in [3.63, 3.8) is 0 Å². The predicted octanol–water partition coefficient (Wildman–Crippen LogP) is 4.92. The lowest BCUT2D eigenvalue weighted by Gasteiger charge is -2.20. The quantitative estimate of drug-likeness (QED) is 0.298. The maximum absolute atomic E-state index is 12.8. The third-order valence-corrected chi connectivity index (χ3v) is 6.28. The minimum Gasteiger partial charge on any atom is -0.356 e. The second-order valence-electron chi connectivity index (χ2n) is 7.53. The number of nitrogens with one attached hydrogen (secondary N) is 1. The van der Waals surface area contributed by atoms with E-state index in [1.165, 1.54) is 17.3 Å². The van der Waals surface area contributed by atoms with Gasteiger partial charge in [0.25, 0.3) is 0 Å². The number of thioether (sulfide) groups is 1. The smallest absolute Gasteiger partial charge is 0.230 e. The maximum Gasteiger partial charge on any atom is 0.230 e. The van der Waals surface area contributed by atoms with Gasteiger partial charge < -0.3 is 10.2 Å². The summed E-state index contributed by atoms with van der Waals surface area (Å²) in [5, 5.41) is 4.12. The predicted molar refractivity (Wildman–Crippen MR) is 127 cm³/mol. The van der Waals surface area contributed by atoms with E-state index in [9.17, 15) is 4.79 Å². The fraction of sp³-hybridized carbons (Fsp3) is 0.292. The number of benzene rings is 2. The Bertz CT molecular complexity index is 997. The van der Waals surface area contributed by atoms with Crippen LogP contribution in [-0.2, 0) is 11.2 Å². The van der Waals surface area contributed by atoms with E-state index in [1.807, 2.05) is 48.5 Å². The van der Waals surface area contributed by atoms with Gasteiger partial charge in [0.15, 0.2) is 5.16 Å². The number of aromatic nitrogens is 2. The van der Waals surface area contributed by atoms with Crippen LogP contribution in [0.1, 0.15) is 30.0 Å². The van der Waals surface area contributed by atoms with Crippen molar-refractivity contribution in [2.75, 3.05) is 23.7 Å². The molecule has 0 spiro atoms. The highest BCUT2D eigenvalue weighted by Gasteiger charge is 2.18. The molecule has 2 heterocycles. The van der Waals surface area contributed by atoms with Gasteiger partial charge in [-0.1, -0.05) is 84.0 Å². The van der Waals surface area contributed by atoms with Crippen LogP contribution in [0.2, 0.25) is 5.15 Å². The number of carbonyl (C=O) groups excluding carboxylic acids is 1. The van der Waals surface area contributed by atoms with Gasteiger partial charge in [-0.15, -0.1) is 0 Å². The molecule has 1 atom stereocenters. The van der Waals surface area contributed by atoms with Crippen LogP contribution in [0.15, 0.2) is 71.9 Å². The zero-order valence-corrected chi connectivity index (χ0v) is 18.8. The highest BCUT2D eigenvalue weighted by Crippen LogP contribution is 2.25. The number of rotatable bonds is 8. The molecule has 1 aromatic heterocycles. The Morgan fingerprint density at radius 1 is 1.03 bits per heavy atom. The van der Waals surface area contributed by atoms with E-state index < -0.39 is 0 Å². The maximum atomic E-state index is 12.8. The Hall–Kier alpha value is -2.57. The van der Waals surface area contributed by atoms with Crippen LogP contribution in [0, 0.1) is 0 Å². The molecule has 2 aromatic carbocycles. The topological polar surface area (TPSA) is 58.1 Å². The Balaban J connectivity index is 1.41. The van der Waals surface area contributed by atoms with E-state index in [0.29, 0.717) is 10.3 Å². The molecule has 3 aromatic rings. The first-order chi connectivity index (χ1) is 15.2. The van der Waals surface area contributed by atoms with Crippen molar-refractivity contribution >= 4 is 35.1 Å². The number of hydrogen-bond donors (Lipinski definition) is 1. The van der Waals surface area contributed by atoms with E-state index >= 15 is 0 Å². The molecule has 0 radical (unpaired) electrons. The number of anilines is 1. The summed E-state index contributed by atoms with van der Waals surface area (Å²) in [6.45, 7) is 1.96. The van der Waals surface area contributed by atoms with Crippen LogP contribution in [0.4, 0.5) is 5.82 Å². The summed E-state index contributed by atoms with van der Waals surface area (Å²) >= 11 is 7.52. The zero-order chi connectivity index (χ0) is 21.5. The van der Waals surface area contributed by atoms with Crippen LogP contribution >= 0.6 is 23.4 Å². The van der Waals surface area contributed by atoms with Crippen LogP contribution in [0.25, 0.3) is 0 Å². The summed E-state index contributed by atoms with van der Waals surface area (Å²) in [5.41, 5.74) is 2.26.